The number of nitrogens with one attached hydrogen (secondary N) is 1. The van der Waals surface area contributed by atoms with E-state index in [2.05, 4.69) is 21.3 Å². The zero-order valence-electron chi connectivity index (χ0n) is 12.4. The van der Waals surface area contributed by atoms with E-state index in [1.165, 1.54) is 0 Å². The molecule has 22 heavy (non-hydrogen) atoms. The smallest absolute Gasteiger partial charge is 0.252 e. The lowest BCUT2D eigenvalue weighted by atomic mass is 10.0. The number of aryl methyl sites for hydroxylation is 1. The van der Waals surface area contributed by atoms with Gasteiger partial charge in [-0.25, -0.2) is 4.98 Å². The zero-order valence-corrected chi connectivity index (χ0v) is 12.4. The van der Waals surface area contributed by atoms with E-state index >= 15 is 0 Å². The van der Waals surface area contributed by atoms with Gasteiger partial charge in [0.05, 0.1) is 11.2 Å². The summed E-state index contributed by atoms with van der Waals surface area (Å²) in [5, 5.41) is 12.5. The number of fused-ring (bicyclic) bond motifs is 2. The van der Waals surface area contributed by atoms with Gasteiger partial charge in [-0.15, -0.1) is 0 Å². The average molecular weight is 295 g/mol. The molecule has 4 heterocycles. The number of hydrogen-bond acceptors (Lipinski definition) is 5. The monoisotopic (exact) mass is 295 g/mol. The van der Waals surface area contributed by atoms with Gasteiger partial charge in [0.2, 0.25) is 0 Å². The lowest BCUT2D eigenvalue weighted by Crippen LogP contribution is -2.28. The molecule has 6 nitrogen and oxygen atoms in total. The molecule has 0 bridgehead atoms. The first-order chi connectivity index (χ1) is 10.7. The summed E-state index contributed by atoms with van der Waals surface area (Å²) in [4.78, 5) is 19.0. The number of anilines is 1. The maximum atomic E-state index is 12.2. The zero-order chi connectivity index (χ0) is 15.3. The third-order valence-electron chi connectivity index (χ3n) is 4.91. The Hall–Kier alpha value is -2.39. The Morgan fingerprint density at radius 1 is 1.32 bits per heavy atom. The van der Waals surface area contributed by atoms with Crippen LogP contribution in [0.1, 0.15) is 5.69 Å². The summed E-state index contributed by atoms with van der Waals surface area (Å²) >= 11 is 0. The molecule has 2 fully saturated rings. The van der Waals surface area contributed by atoms with Crippen LogP contribution in [0.15, 0.2) is 23.0 Å². The van der Waals surface area contributed by atoms with Crippen LogP contribution in [-0.2, 0) is 7.05 Å². The van der Waals surface area contributed by atoms with E-state index in [1.54, 1.807) is 23.7 Å². The molecule has 0 amide bonds. The maximum Gasteiger partial charge on any atom is 0.252 e. The fourth-order valence-corrected chi connectivity index (χ4v) is 3.67. The van der Waals surface area contributed by atoms with E-state index in [0.717, 1.165) is 42.9 Å². The predicted octanol–water partition coefficient (Wildman–Crippen LogP) is 0.461. The molecule has 0 aliphatic carbocycles. The molecule has 0 spiro atoms. The van der Waals surface area contributed by atoms with Crippen molar-refractivity contribution in [2.24, 2.45) is 18.9 Å². The molecule has 0 radical (unpaired) electrons. The van der Waals surface area contributed by atoms with Crippen molar-refractivity contribution in [2.75, 3.05) is 31.1 Å². The SMILES string of the molecule is Cn1c(=O)cc(N2CC3CNCC3C2)c2nc(C#N)ccc21. The van der Waals surface area contributed by atoms with E-state index < -0.39 is 0 Å². The molecule has 1 N–H and O–H groups in total. The van der Waals surface area contributed by atoms with Crippen LogP contribution in [0.3, 0.4) is 0 Å². The van der Waals surface area contributed by atoms with E-state index in [1.807, 2.05) is 6.07 Å². The summed E-state index contributed by atoms with van der Waals surface area (Å²) in [5.74, 6) is 1.27. The van der Waals surface area contributed by atoms with Gasteiger partial charge in [0.1, 0.15) is 17.3 Å². The third-order valence-corrected chi connectivity index (χ3v) is 4.91. The van der Waals surface area contributed by atoms with E-state index in [4.69, 9.17) is 5.26 Å². The Labute approximate surface area is 128 Å². The maximum absolute atomic E-state index is 12.2. The molecular weight excluding hydrogens is 278 g/mol. The highest BCUT2D eigenvalue weighted by Gasteiger charge is 2.37. The minimum atomic E-state index is -0.0378. The molecule has 2 atom stereocenters. The van der Waals surface area contributed by atoms with Crippen LogP contribution in [0.4, 0.5) is 5.69 Å². The number of hydrogen-bond donors (Lipinski definition) is 1. The highest BCUT2D eigenvalue weighted by molar-refractivity contribution is 5.88. The van der Waals surface area contributed by atoms with Gasteiger partial charge in [-0.1, -0.05) is 0 Å². The molecule has 2 unspecified atom stereocenters. The minimum absolute atomic E-state index is 0.0378. The summed E-state index contributed by atoms with van der Waals surface area (Å²) in [6.07, 6.45) is 0. The van der Waals surface area contributed by atoms with Crippen molar-refractivity contribution in [2.45, 2.75) is 0 Å². The summed E-state index contributed by atoms with van der Waals surface area (Å²) in [5.41, 5.74) is 2.73. The average Bonchev–Trinajstić information content (AvgIpc) is 3.11. The van der Waals surface area contributed by atoms with Crippen LogP contribution in [0.2, 0.25) is 0 Å². The van der Waals surface area contributed by atoms with Gasteiger partial charge in [0.25, 0.3) is 5.56 Å². The van der Waals surface area contributed by atoms with Crippen LogP contribution >= 0.6 is 0 Å². The molecule has 2 aromatic heterocycles. The first kappa shape index (κ1) is 13.3. The number of nitriles is 1. The molecule has 112 valence electrons. The summed E-state index contributed by atoms with van der Waals surface area (Å²) in [7, 11) is 1.74. The summed E-state index contributed by atoms with van der Waals surface area (Å²) in [6, 6.07) is 7.21. The Bertz CT molecular complexity index is 838. The lowest BCUT2D eigenvalue weighted by molar-refractivity contribution is 0.533. The molecule has 2 saturated heterocycles. The molecule has 4 rings (SSSR count). The number of nitrogens with zero attached hydrogens (tertiary/aromatic N) is 4. The molecule has 2 aliphatic rings. The topological polar surface area (TPSA) is 74.0 Å². The molecule has 6 heteroatoms. The van der Waals surface area contributed by atoms with Crippen LogP contribution in [-0.4, -0.2) is 35.7 Å². The minimum Gasteiger partial charge on any atom is -0.369 e. The second-order valence-corrected chi connectivity index (χ2v) is 6.19. The highest BCUT2D eigenvalue weighted by atomic mass is 16.1. The van der Waals surface area contributed by atoms with Gasteiger partial charge in [-0.2, -0.15) is 5.26 Å². The Morgan fingerprint density at radius 2 is 2.05 bits per heavy atom. The summed E-state index contributed by atoms with van der Waals surface area (Å²) < 4.78 is 1.59. The molecule has 2 aliphatic heterocycles. The quantitative estimate of drug-likeness (QED) is 0.827. The van der Waals surface area contributed by atoms with Gasteiger partial charge in [-0.05, 0) is 24.0 Å². The highest BCUT2D eigenvalue weighted by Crippen LogP contribution is 2.33. The normalized spacial score (nSPS) is 23.7. The molecule has 0 aromatic carbocycles. The van der Waals surface area contributed by atoms with Crippen LogP contribution in [0.25, 0.3) is 11.0 Å². The van der Waals surface area contributed by atoms with Crippen molar-refractivity contribution in [3.63, 3.8) is 0 Å². The van der Waals surface area contributed by atoms with Crippen LogP contribution in [0, 0.1) is 23.2 Å². The van der Waals surface area contributed by atoms with Gasteiger partial charge >= 0.3 is 0 Å². The number of aromatic nitrogens is 2. The van der Waals surface area contributed by atoms with Crippen molar-refractivity contribution in [1.82, 2.24) is 14.9 Å². The fourth-order valence-electron chi connectivity index (χ4n) is 3.67. The van der Waals surface area contributed by atoms with Gasteiger partial charge in [0, 0.05) is 39.3 Å². The second kappa shape index (κ2) is 4.82. The van der Waals surface area contributed by atoms with Gasteiger partial charge in [0.15, 0.2) is 0 Å². The first-order valence-corrected chi connectivity index (χ1v) is 7.54. The van der Waals surface area contributed by atoms with Crippen molar-refractivity contribution in [1.29, 1.82) is 5.26 Å². The van der Waals surface area contributed by atoms with Crippen molar-refractivity contribution < 1.29 is 0 Å². The molecule has 0 saturated carbocycles. The Balaban J connectivity index is 1.88. The van der Waals surface area contributed by atoms with E-state index in [-0.39, 0.29) is 5.56 Å². The number of pyridine rings is 2. The second-order valence-electron chi connectivity index (χ2n) is 6.19. The summed E-state index contributed by atoms with van der Waals surface area (Å²) in [6.45, 7) is 3.97. The van der Waals surface area contributed by atoms with Crippen molar-refractivity contribution in [3.05, 3.63) is 34.2 Å². The largest absolute Gasteiger partial charge is 0.369 e. The van der Waals surface area contributed by atoms with Crippen molar-refractivity contribution in [3.8, 4) is 6.07 Å². The standard InChI is InChI=1S/C16H17N5O/c1-20-13-3-2-12(5-17)19-16(13)14(4-15(20)22)21-8-10-6-18-7-11(10)9-21/h2-4,10-11,18H,6-9H2,1H3. The van der Waals surface area contributed by atoms with Gasteiger partial charge in [-0.3, -0.25) is 4.79 Å². The number of rotatable bonds is 1. The Morgan fingerprint density at radius 3 is 2.73 bits per heavy atom. The van der Waals surface area contributed by atoms with Gasteiger partial charge < -0.3 is 14.8 Å². The third kappa shape index (κ3) is 1.90. The van der Waals surface area contributed by atoms with E-state index in [9.17, 15) is 4.79 Å². The lowest BCUT2D eigenvalue weighted by Gasteiger charge is -2.21. The van der Waals surface area contributed by atoms with Crippen molar-refractivity contribution >= 4 is 16.7 Å². The van der Waals surface area contributed by atoms with Crippen LogP contribution < -0.4 is 15.8 Å². The van der Waals surface area contributed by atoms with Crippen LogP contribution in [0.5, 0.6) is 0 Å². The Kier molecular flexibility index (Phi) is 2.91. The fraction of sp³-hybridized carbons (Fsp3) is 0.438. The molecule has 2 aromatic rings. The van der Waals surface area contributed by atoms with E-state index in [0.29, 0.717) is 17.5 Å². The first-order valence-electron chi connectivity index (χ1n) is 7.54. The predicted molar refractivity (Wildman–Crippen MR) is 83.8 cm³/mol. The molecular formula is C16H17N5O.